The minimum absolute atomic E-state index is 0.154. The van der Waals surface area contributed by atoms with Crippen LogP contribution in [-0.4, -0.2) is 15.3 Å². The van der Waals surface area contributed by atoms with E-state index in [1.54, 1.807) is 13.0 Å². The largest absolute Gasteiger partial charge is 0.300 e. The monoisotopic (exact) mass is 182 g/mol. The molecule has 0 saturated carbocycles. The van der Waals surface area contributed by atoms with Gasteiger partial charge in [0, 0.05) is 11.5 Å². The maximum atomic E-state index is 10.8. The molecule has 0 atom stereocenters. The Balaban J connectivity index is 2.53. The van der Waals surface area contributed by atoms with Crippen LogP contribution in [0.1, 0.15) is 12.2 Å². The normalized spacial score (nSPS) is 9.00. The maximum Gasteiger partial charge on any atom is 0.240 e. The smallest absolute Gasteiger partial charge is 0.240 e. The van der Waals surface area contributed by atoms with Crippen LogP contribution in [0.2, 0.25) is 0 Å². The molecule has 6 heteroatoms. The number of carbonyl (C=O) groups is 1. The summed E-state index contributed by atoms with van der Waals surface area (Å²) in [6.45, 7) is 1.73. The van der Waals surface area contributed by atoms with Crippen LogP contribution in [-0.2, 0) is 4.79 Å². The molecule has 0 unspecified atom stereocenters. The number of nitrogens with zero attached hydrogens (tertiary/aromatic N) is 3. The van der Waals surface area contributed by atoms with Crippen LogP contribution in [0.4, 0.5) is 5.13 Å². The number of nitriles is 1. The SMILES string of the molecule is Cc1nsc(NC(=O)CC#N)n1. The van der Waals surface area contributed by atoms with Gasteiger partial charge in [-0.2, -0.15) is 9.64 Å². The summed E-state index contributed by atoms with van der Waals surface area (Å²) in [5, 5.41) is 11.1. The summed E-state index contributed by atoms with van der Waals surface area (Å²) in [5.74, 6) is 0.265. The number of aromatic nitrogens is 2. The van der Waals surface area contributed by atoms with Gasteiger partial charge in [-0.25, -0.2) is 4.98 Å². The molecular formula is C6H6N4OS. The highest BCUT2D eigenvalue weighted by molar-refractivity contribution is 7.09. The molecule has 0 spiro atoms. The van der Waals surface area contributed by atoms with Crippen LogP contribution in [0.15, 0.2) is 0 Å². The van der Waals surface area contributed by atoms with Gasteiger partial charge in [0.25, 0.3) is 0 Å². The summed E-state index contributed by atoms with van der Waals surface area (Å²) in [7, 11) is 0. The first-order chi connectivity index (χ1) is 5.72. The predicted octanol–water partition coefficient (Wildman–Crippen LogP) is 0.699. The summed E-state index contributed by atoms with van der Waals surface area (Å²) in [5.41, 5.74) is 0. The molecule has 0 saturated heterocycles. The van der Waals surface area contributed by atoms with Gasteiger partial charge in [-0.1, -0.05) is 0 Å². The van der Waals surface area contributed by atoms with Crippen molar-refractivity contribution in [3.8, 4) is 6.07 Å². The van der Waals surface area contributed by atoms with Gasteiger partial charge in [-0.15, -0.1) is 0 Å². The zero-order valence-corrected chi connectivity index (χ0v) is 7.18. The molecule has 1 N–H and O–H groups in total. The van der Waals surface area contributed by atoms with E-state index in [0.29, 0.717) is 11.0 Å². The lowest BCUT2D eigenvalue weighted by molar-refractivity contribution is -0.115. The van der Waals surface area contributed by atoms with E-state index in [9.17, 15) is 4.79 Å². The topological polar surface area (TPSA) is 78.7 Å². The molecule has 0 bridgehead atoms. The molecule has 0 fully saturated rings. The van der Waals surface area contributed by atoms with E-state index in [1.807, 2.05) is 0 Å². The van der Waals surface area contributed by atoms with Crippen molar-refractivity contribution in [2.45, 2.75) is 13.3 Å². The molecule has 12 heavy (non-hydrogen) atoms. The molecule has 1 heterocycles. The molecule has 1 rings (SSSR count). The number of nitrogens with one attached hydrogen (secondary N) is 1. The minimum atomic E-state index is -0.353. The Labute approximate surface area is 73.2 Å². The third kappa shape index (κ3) is 2.29. The van der Waals surface area contributed by atoms with Gasteiger partial charge in [-0.3, -0.25) is 10.1 Å². The summed E-state index contributed by atoms with van der Waals surface area (Å²) >= 11 is 1.10. The van der Waals surface area contributed by atoms with E-state index in [1.165, 1.54) is 0 Å². The minimum Gasteiger partial charge on any atom is -0.300 e. The molecule has 0 aromatic carbocycles. The van der Waals surface area contributed by atoms with Crippen molar-refractivity contribution in [3.05, 3.63) is 5.82 Å². The Hall–Kier alpha value is -1.48. The highest BCUT2D eigenvalue weighted by Gasteiger charge is 2.04. The fourth-order valence-corrected chi connectivity index (χ4v) is 1.17. The fourth-order valence-electron chi connectivity index (χ4n) is 0.583. The van der Waals surface area contributed by atoms with Gasteiger partial charge in [0.1, 0.15) is 12.2 Å². The van der Waals surface area contributed by atoms with Crippen molar-refractivity contribution in [2.75, 3.05) is 5.32 Å². The zero-order chi connectivity index (χ0) is 8.97. The number of hydrogen-bond acceptors (Lipinski definition) is 5. The van der Waals surface area contributed by atoms with E-state index in [4.69, 9.17) is 5.26 Å². The van der Waals surface area contributed by atoms with Crippen LogP contribution in [0.5, 0.6) is 0 Å². The van der Waals surface area contributed by atoms with Crippen LogP contribution in [0, 0.1) is 18.3 Å². The van der Waals surface area contributed by atoms with Crippen LogP contribution in [0.3, 0.4) is 0 Å². The maximum absolute atomic E-state index is 10.8. The summed E-state index contributed by atoms with van der Waals surface area (Å²) in [6, 6.07) is 1.74. The highest BCUT2D eigenvalue weighted by Crippen LogP contribution is 2.09. The number of carbonyl (C=O) groups excluding carboxylic acids is 1. The number of rotatable bonds is 2. The Bertz CT molecular complexity index is 327. The van der Waals surface area contributed by atoms with Crippen molar-refractivity contribution in [1.29, 1.82) is 5.26 Å². The third-order valence-corrected chi connectivity index (χ3v) is 1.74. The van der Waals surface area contributed by atoms with E-state index in [2.05, 4.69) is 14.7 Å². The molecule has 1 aromatic heterocycles. The molecule has 5 nitrogen and oxygen atoms in total. The second-order valence-electron chi connectivity index (χ2n) is 2.03. The molecule has 1 amide bonds. The van der Waals surface area contributed by atoms with Crippen LogP contribution in [0.25, 0.3) is 0 Å². The van der Waals surface area contributed by atoms with Crippen LogP contribution < -0.4 is 5.32 Å². The quantitative estimate of drug-likeness (QED) is 0.730. The average molecular weight is 182 g/mol. The highest BCUT2D eigenvalue weighted by atomic mass is 32.1. The van der Waals surface area contributed by atoms with Gasteiger partial charge in [-0.05, 0) is 6.92 Å². The number of amides is 1. The van der Waals surface area contributed by atoms with Gasteiger partial charge >= 0.3 is 0 Å². The number of anilines is 1. The summed E-state index contributed by atoms with van der Waals surface area (Å²) in [6.07, 6.45) is -0.154. The number of hydrogen-bond donors (Lipinski definition) is 1. The van der Waals surface area contributed by atoms with Gasteiger partial charge in [0.05, 0.1) is 6.07 Å². The lowest BCUT2D eigenvalue weighted by Crippen LogP contribution is -2.09. The third-order valence-electron chi connectivity index (χ3n) is 1.01. The lowest BCUT2D eigenvalue weighted by Gasteiger charge is -1.93. The first-order valence-electron chi connectivity index (χ1n) is 3.19. The number of aryl methyl sites for hydroxylation is 1. The molecule has 0 aliphatic rings. The molecule has 0 radical (unpaired) electrons. The first kappa shape index (κ1) is 8.62. The molecule has 62 valence electrons. The zero-order valence-electron chi connectivity index (χ0n) is 6.37. The Morgan fingerprint density at radius 2 is 2.58 bits per heavy atom. The van der Waals surface area contributed by atoms with Crippen molar-refractivity contribution >= 4 is 22.6 Å². The molecule has 0 aliphatic heterocycles. The van der Waals surface area contributed by atoms with Gasteiger partial charge in [0.15, 0.2) is 0 Å². The van der Waals surface area contributed by atoms with Crippen molar-refractivity contribution in [2.24, 2.45) is 0 Å². The van der Waals surface area contributed by atoms with Crippen molar-refractivity contribution in [1.82, 2.24) is 9.36 Å². The Kier molecular flexibility index (Phi) is 2.71. The summed E-state index contributed by atoms with van der Waals surface area (Å²) in [4.78, 5) is 14.7. The van der Waals surface area contributed by atoms with Gasteiger partial charge < -0.3 is 0 Å². The van der Waals surface area contributed by atoms with E-state index in [0.717, 1.165) is 11.5 Å². The average Bonchev–Trinajstić information content (AvgIpc) is 2.36. The second kappa shape index (κ2) is 3.78. The van der Waals surface area contributed by atoms with Crippen molar-refractivity contribution < 1.29 is 4.79 Å². The van der Waals surface area contributed by atoms with Crippen molar-refractivity contribution in [3.63, 3.8) is 0 Å². The van der Waals surface area contributed by atoms with Crippen LogP contribution >= 0.6 is 11.5 Å². The summed E-state index contributed by atoms with van der Waals surface area (Å²) < 4.78 is 3.86. The Morgan fingerprint density at radius 1 is 1.83 bits per heavy atom. The van der Waals surface area contributed by atoms with E-state index < -0.39 is 0 Å². The Morgan fingerprint density at radius 3 is 3.08 bits per heavy atom. The fraction of sp³-hybridized carbons (Fsp3) is 0.333. The standard InChI is InChI=1S/C6H6N4OS/c1-4-8-6(12-10-4)9-5(11)2-3-7/h2H2,1H3,(H,8,9,10,11). The van der Waals surface area contributed by atoms with E-state index >= 15 is 0 Å². The molecular weight excluding hydrogens is 176 g/mol. The lowest BCUT2D eigenvalue weighted by atomic mass is 10.4. The molecule has 0 aliphatic carbocycles. The van der Waals surface area contributed by atoms with E-state index in [-0.39, 0.29) is 12.3 Å². The first-order valence-corrected chi connectivity index (χ1v) is 3.97. The second-order valence-corrected chi connectivity index (χ2v) is 2.78. The molecule has 1 aromatic rings. The van der Waals surface area contributed by atoms with Gasteiger partial charge in [0.2, 0.25) is 11.0 Å². The predicted molar refractivity (Wildman–Crippen MR) is 43.5 cm³/mol.